The minimum atomic E-state index is -0.0775. The van der Waals surface area contributed by atoms with Crippen LogP contribution in [0.1, 0.15) is 43.2 Å². The van der Waals surface area contributed by atoms with Crippen molar-refractivity contribution in [1.29, 1.82) is 5.26 Å². The molecule has 0 bridgehead atoms. The third kappa shape index (κ3) is 3.28. The van der Waals surface area contributed by atoms with Gasteiger partial charge >= 0.3 is 0 Å². The quantitative estimate of drug-likeness (QED) is 0.798. The van der Waals surface area contributed by atoms with Crippen LogP contribution in [0.2, 0.25) is 0 Å². The van der Waals surface area contributed by atoms with Crippen molar-refractivity contribution in [2.45, 2.75) is 33.2 Å². The molecule has 90 valence electrons. The molecule has 0 aliphatic rings. The van der Waals surface area contributed by atoms with E-state index in [4.69, 9.17) is 5.26 Å². The van der Waals surface area contributed by atoms with Gasteiger partial charge in [0, 0.05) is 18.8 Å². The lowest BCUT2D eigenvalue weighted by atomic mass is 10.2. The average molecular weight is 231 g/mol. The summed E-state index contributed by atoms with van der Waals surface area (Å²) in [6.45, 7) is 6.72. The van der Waals surface area contributed by atoms with Gasteiger partial charge in [-0.15, -0.1) is 0 Å². The number of aromatic nitrogens is 1. The molecule has 0 radical (unpaired) electrons. The van der Waals surface area contributed by atoms with Crippen molar-refractivity contribution < 1.29 is 4.79 Å². The van der Waals surface area contributed by atoms with Crippen LogP contribution in [0.25, 0.3) is 0 Å². The van der Waals surface area contributed by atoms with Crippen LogP contribution in [0.5, 0.6) is 0 Å². The Morgan fingerprint density at radius 2 is 2.24 bits per heavy atom. The molecule has 0 fully saturated rings. The Morgan fingerprint density at radius 3 is 2.65 bits per heavy atom. The van der Waals surface area contributed by atoms with Crippen molar-refractivity contribution in [1.82, 2.24) is 9.88 Å². The fourth-order valence-electron chi connectivity index (χ4n) is 1.57. The molecule has 4 heteroatoms. The molecule has 1 aromatic heterocycles. The lowest BCUT2D eigenvalue weighted by Crippen LogP contribution is -2.37. The van der Waals surface area contributed by atoms with Crippen molar-refractivity contribution in [2.75, 3.05) is 6.54 Å². The first kappa shape index (κ1) is 13.2. The number of rotatable bonds is 4. The van der Waals surface area contributed by atoms with Gasteiger partial charge in [-0.05, 0) is 32.4 Å². The summed E-state index contributed by atoms with van der Waals surface area (Å²) < 4.78 is 0. The highest BCUT2D eigenvalue weighted by Gasteiger charge is 2.18. The highest BCUT2D eigenvalue weighted by molar-refractivity contribution is 5.92. The van der Waals surface area contributed by atoms with Crippen molar-refractivity contribution in [3.8, 4) is 6.07 Å². The van der Waals surface area contributed by atoms with E-state index in [1.807, 2.05) is 26.8 Å². The van der Waals surface area contributed by atoms with Gasteiger partial charge < -0.3 is 4.90 Å². The van der Waals surface area contributed by atoms with E-state index in [0.717, 1.165) is 13.0 Å². The fraction of sp³-hybridized carbons (Fsp3) is 0.462. The second-order valence-electron chi connectivity index (χ2n) is 4.14. The maximum Gasteiger partial charge on any atom is 0.272 e. The van der Waals surface area contributed by atoms with Gasteiger partial charge in [-0.2, -0.15) is 5.26 Å². The molecule has 0 spiro atoms. The van der Waals surface area contributed by atoms with E-state index in [0.29, 0.717) is 11.3 Å². The molecule has 0 saturated heterocycles. The minimum absolute atomic E-state index is 0.0775. The molecule has 4 nitrogen and oxygen atoms in total. The molecule has 0 aromatic carbocycles. The molecule has 1 amide bonds. The van der Waals surface area contributed by atoms with Gasteiger partial charge in [0.2, 0.25) is 0 Å². The van der Waals surface area contributed by atoms with Gasteiger partial charge in [0.1, 0.15) is 11.8 Å². The first-order valence-electron chi connectivity index (χ1n) is 5.77. The van der Waals surface area contributed by atoms with E-state index < -0.39 is 0 Å². The molecular formula is C13H17N3O. The SMILES string of the molecule is CCCN(C(=O)c1ccc(C#N)cn1)C(C)C. The standard InChI is InChI=1S/C13H17N3O/c1-4-7-16(10(2)3)13(17)12-6-5-11(8-14)9-15-12/h5-6,9-10H,4,7H2,1-3H3. The van der Waals surface area contributed by atoms with E-state index in [1.54, 1.807) is 17.0 Å². The highest BCUT2D eigenvalue weighted by Crippen LogP contribution is 2.08. The lowest BCUT2D eigenvalue weighted by Gasteiger charge is -2.25. The number of carbonyl (C=O) groups excluding carboxylic acids is 1. The summed E-state index contributed by atoms with van der Waals surface area (Å²) in [7, 11) is 0. The topological polar surface area (TPSA) is 57.0 Å². The molecule has 0 aliphatic carbocycles. The largest absolute Gasteiger partial charge is 0.335 e. The number of hydrogen-bond acceptors (Lipinski definition) is 3. The molecule has 0 aliphatic heterocycles. The second kappa shape index (κ2) is 6.00. The van der Waals surface area contributed by atoms with Crippen LogP contribution in [0.3, 0.4) is 0 Å². The van der Waals surface area contributed by atoms with Gasteiger partial charge in [0.25, 0.3) is 5.91 Å². The summed E-state index contributed by atoms with van der Waals surface area (Å²) in [5, 5.41) is 8.66. The summed E-state index contributed by atoms with van der Waals surface area (Å²) in [6.07, 6.45) is 2.35. The molecule has 1 aromatic rings. The average Bonchev–Trinajstić information content (AvgIpc) is 2.35. The molecule has 0 saturated carbocycles. The van der Waals surface area contributed by atoms with Crippen LogP contribution in [0.15, 0.2) is 18.3 Å². The van der Waals surface area contributed by atoms with E-state index >= 15 is 0 Å². The zero-order valence-electron chi connectivity index (χ0n) is 10.5. The van der Waals surface area contributed by atoms with Crippen molar-refractivity contribution in [3.05, 3.63) is 29.6 Å². The third-order valence-corrected chi connectivity index (χ3v) is 2.46. The highest BCUT2D eigenvalue weighted by atomic mass is 16.2. The summed E-state index contributed by atoms with van der Waals surface area (Å²) in [4.78, 5) is 18.0. The van der Waals surface area contributed by atoms with E-state index in [1.165, 1.54) is 6.20 Å². The minimum Gasteiger partial charge on any atom is -0.335 e. The first-order chi connectivity index (χ1) is 8.10. The monoisotopic (exact) mass is 231 g/mol. The smallest absolute Gasteiger partial charge is 0.272 e. The van der Waals surface area contributed by atoms with Crippen LogP contribution in [0.4, 0.5) is 0 Å². The Morgan fingerprint density at radius 1 is 1.53 bits per heavy atom. The van der Waals surface area contributed by atoms with Crippen LogP contribution < -0.4 is 0 Å². The van der Waals surface area contributed by atoms with Gasteiger partial charge in [-0.1, -0.05) is 6.92 Å². The predicted molar refractivity (Wildman–Crippen MR) is 65.4 cm³/mol. The first-order valence-corrected chi connectivity index (χ1v) is 5.77. The van der Waals surface area contributed by atoms with Crippen LogP contribution in [-0.4, -0.2) is 28.4 Å². The number of carbonyl (C=O) groups is 1. The maximum atomic E-state index is 12.2. The lowest BCUT2D eigenvalue weighted by molar-refractivity contribution is 0.0700. The van der Waals surface area contributed by atoms with Crippen molar-refractivity contribution in [2.24, 2.45) is 0 Å². The van der Waals surface area contributed by atoms with Crippen molar-refractivity contribution >= 4 is 5.91 Å². The molecule has 0 atom stereocenters. The number of hydrogen-bond donors (Lipinski definition) is 0. The second-order valence-corrected chi connectivity index (χ2v) is 4.14. The number of amides is 1. The van der Waals surface area contributed by atoms with Gasteiger partial charge in [0.05, 0.1) is 5.56 Å². The maximum absolute atomic E-state index is 12.2. The summed E-state index contributed by atoms with van der Waals surface area (Å²) in [5.74, 6) is -0.0775. The Balaban J connectivity index is 2.90. The Hall–Kier alpha value is -1.89. The third-order valence-electron chi connectivity index (χ3n) is 2.46. The van der Waals surface area contributed by atoms with Gasteiger partial charge in [0.15, 0.2) is 0 Å². The van der Waals surface area contributed by atoms with E-state index in [-0.39, 0.29) is 11.9 Å². The Bertz CT molecular complexity index is 417. The Labute approximate surface area is 102 Å². The van der Waals surface area contributed by atoms with E-state index in [9.17, 15) is 4.79 Å². The number of nitriles is 1. The Kier molecular flexibility index (Phi) is 4.65. The molecule has 17 heavy (non-hydrogen) atoms. The van der Waals surface area contributed by atoms with Crippen LogP contribution in [0, 0.1) is 11.3 Å². The zero-order valence-corrected chi connectivity index (χ0v) is 10.5. The molecule has 1 heterocycles. The summed E-state index contributed by atoms with van der Waals surface area (Å²) in [5.41, 5.74) is 0.860. The number of pyridine rings is 1. The zero-order chi connectivity index (χ0) is 12.8. The summed E-state index contributed by atoms with van der Waals surface area (Å²) in [6, 6.07) is 5.35. The fourth-order valence-corrected chi connectivity index (χ4v) is 1.57. The molecular weight excluding hydrogens is 214 g/mol. The van der Waals surface area contributed by atoms with Crippen LogP contribution in [-0.2, 0) is 0 Å². The molecule has 1 rings (SSSR count). The van der Waals surface area contributed by atoms with Crippen molar-refractivity contribution in [3.63, 3.8) is 0 Å². The molecule has 0 unspecified atom stereocenters. The molecule has 0 N–H and O–H groups in total. The van der Waals surface area contributed by atoms with Crippen LogP contribution >= 0.6 is 0 Å². The van der Waals surface area contributed by atoms with Gasteiger partial charge in [-0.25, -0.2) is 4.98 Å². The number of nitrogens with zero attached hydrogens (tertiary/aromatic N) is 3. The normalized spacial score (nSPS) is 10.1. The van der Waals surface area contributed by atoms with Gasteiger partial charge in [-0.3, -0.25) is 4.79 Å². The predicted octanol–water partition coefficient (Wildman–Crippen LogP) is 2.21. The van der Waals surface area contributed by atoms with E-state index in [2.05, 4.69) is 4.98 Å². The summed E-state index contributed by atoms with van der Waals surface area (Å²) >= 11 is 0.